The average molecular weight is 573 g/mol. The van der Waals surface area contributed by atoms with Gasteiger partial charge in [-0.3, -0.25) is 9.69 Å². The van der Waals surface area contributed by atoms with Gasteiger partial charge in [0.2, 0.25) is 6.41 Å². The van der Waals surface area contributed by atoms with Crippen molar-refractivity contribution in [2.75, 3.05) is 33.9 Å². The number of aromatic amines is 1. The van der Waals surface area contributed by atoms with E-state index in [1.807, 2.05) is 20.0 Å². The smallest absolute Gasteiger partial charge is 0.399 e. The fourth-order valence-corrected chi connectivity index (χ4v) is 4.95. The number of likely N-dealkylation sites (tertiary alicyclic amines) is 1. The van der Waals surface area contributed by atoms with Gasteiger partial charge in [0.15, 0.2) is 5.79 Å². The van der Waals surface area contributed by atoms with Gasteiger partial charge in [-0.05, 0) is 51.7 Å². The zero-order chi connectivity index (χ0) is 30.4. The maximum Gasteiger partial charge on any atom is 0.494 e. The van der Waals surface area contributed by atoms with E-state index in [9.17, 15) is 4.79 Å². The third-order valence-corrected chi connectivity index (χ3v) is 8.06. The number of hydrogen-bond donors (Lipinski definition) is 2. The summed E-state index contributed by atoms with van der Waals surface area (Å²) >= 11 is 0. The minimum absolute atomic E-state index is 0.154. The zero-order valence-electron chi connectivity index (χ0n) is 25.5. The monoisotopic (exact) mass is 572 g/mol. The topological polar surface area (TPSA) is 138 Å². The fourth-order valence-electron chi connectivity index (χ4n) is 4.95. The van der Waals surface area contributed by atoms with Crippen LogP contribution >= 0.6 is 0 Å². The number of nitrogens with zero attached hydrogens (tertiary/aromatic N) is 2. The molecule has 3 N–H and O–H groups in total. The van der Waals surface area contributed by atoms with E-state index >= 15 is 0 Å². The van der Waals surface area contributed by atoms with Crippen LogP contribution in [0.15, 0.2) is 30.5 Å². The largest absolute Gasteiger partial charge is 0.494 e. The first-order valence-corrected chi connectivity index (χ1v) is 13.9. The average Bonchev–Trinajstić information content (AvgIpc) is 3.68. The number of hydrogen-bond acceptors (Lipinski definition) is 9. The highest BCUT2D eigenvalue weighted by molar-refractivity contribution is 6.62. The van der Waals surface area contributed by atoms with Gasteiger partial charge in [0.25, 0.3) is 0 Å². The first-order valence-electron chi connectivity index (χ1n) is 13.9. The molecule has 11 nitrogen and oxygen atoms in total. The van der Waals surface area contributed by atoms with Gasteiger partial charge in [-0.2, -0.15) is 0 Å². The number of carbonyl (C=O) groups is 2. The van der Waals surface area contributed by atoms with Crippen molar-refractivity contribution in [3.05, 3.63) is 36.3 Å². The van der Waals surface area contributed by atoms with Crippen molar-refractivity contribution in [3.63, 3.8) is 0 Å². The molecule has 3 fully saturated rings. The van der Waals surface area contributed by atoms with Gasteiger partial charge in [-0.25, -0.2) is 4.98 Å². The van der Waals surface area contributed by atoms with E-state index < -0.39 is 5.79 Å². The molecular formula is C29H45BN4O7. The predicted molar refractivity (Wildman–Crippen MR) is 156 cm³/mol. The molecule has 41 heavy (non-hydrogen) atoms. The first-order chi connectivity index (χ1) is 19.3. The predicted octanol–water partition coefficient (Wildman–Crippen LogP) is 2.45. The lowest BCUT2D eigenvalue weighted by Gasteiger charge is -2.32. The number of likely N-dealkylation sites (N-methyl/N-ethyl adjacent to an activating group) is 1. The first kappa shape index (κ1) is 32.9. The second-order valence-corrected chi connectivity index (χ2v) is 11.9. The van der Waals surface area contributed by atoms with Crippen LogP contribution in [-0.2, 0) is 33.1 Å². The second-order valence-electron chi connectivity index (χ2n) is 11.9. The Morgan fingerprint density at radius 1 is 1.10 bits per heavy atom. The number of H-pyrrole nitrogens is 1. The number of ether oxygens (including phenoxy) is 3. The molecule has 0 aliphatic carbocycles. The van der Waals surface area contributed by atoms with E-state index in [1.165, 1.54) is 0 Å². The number of benzene rings is 1. The SMILES string of the molecule is CN1CC2(CC1c1ncc(-c3ccc(B4OC(C)(C)C(C)(C)O4)cc3)[nH]1)OCCO2.COC(C=O)C(C)C.NC=O. The molecule has 3 saturated heterocycles. The molecule has 2 atom stereocenters. The van der Waals surface area contributed by atoms with Crippen molar-refractivity contribution in [1.82, 2.24) is 14.9 Å². The highest BCUT2D eigenvalue weighted by Crippen LogP contribution is 2.41. The van der Waals surface area contributed by atoms with Crippen molar-refractivity contribution in [2.24, 2.45) is 11.7 Å². The van der Waals surface area contributed by atoms with Crippen LogP contribution in [-0.4, -0.2) is 91.7 Å². The number of primary amides is 1. The maximum atomic E-state index is 10.1. The number of aromatic nitrogens is 2. The van der Waals surface area contributed by atoms with Crippen LogP contribution in [0.3, 0.4) is 0 Å². The minimum Gasteiger partial charge on any atom is -0.399 e. The summed E-state index contributed by atoms with van der Waals surface area (Å²) in [5.74, 6) is 0.757. The molecule has 1 amide bonds. The summed E-state index contributed by atoms with van der Waals surface area (Å²) in [6, 6.07) is 8.45. The van der Waals surface area contributed by atoms with Gasteiger partial charge in [0.05, 0.1) is 48.9 Å². The lowest BCUT2D eigenvalue weighted by molar-refractivity contribution is -0.145. The van der Waals surface area contributed by atoms with Gasteiger partial charge in [0, 0.05) is 13.5 Å². The van der Waals surface area contributed by atoms with Crippen LogP contribution in [0, 0.1) is 5.92 Å². The van der Waals surface area contributed by atoms with Gasteiger partial charge in [-0.1, -0.05) is 38.1 Å². The van der Waals surface area contributed by atoms with Crippen molar-refractivity contribution in [3.8, 4) is 11.3 Å². The molecule has 3 aliphatic rings. The Kier molecular flexibility index (Phi) is 10.9. The number of methoxy groups -OCH3 is 1. The quantitative estimate of drug-likeness (QED) is 0.395. The summed E-state index contributed by atoms with van der Waals surface area (Å²) < 4.78 is 28.9. The summed E-state index contributed by atoms with van der Waals surface area (Å²) in [7, 11) is 3.28. The van der Waals surface area contributed by atoms with E-state index in [0.29, 0.717) is 13.2 Å². The summed E-state index contributed by atoms with van der Waals surface area (Å²) in [4.78, 5) is 29.0. The van der Waals surface area contributed by atoms with Crippen molar-refractivity contribution >= 4 is 25.3 Å². The number of nitrogens with one attached hydrogen (secondary N) is 1. The molecule has 0 bridgehead atoms. The van der Waals surface area contributed by atoms with E-state index in [4.69, 9.17) is 28.3 Å². The standard InChI is InChI=1S/C22H30BN3O4.C6H12O2.CH3NO/c1-20(2)21(3,4)30-23(29-20)16-8-6-15(7-9-16)17-13-24-19(25-17)18-12-22(14-26(18)5)27-10-11-28-22;1-5(2)6(4-7)8-3;2-1-3/h6-9,13,18H,10-12,14H2,1-5H3,(H,24,25);4-6H,1-3H3;1H,(H2,2,3). The minimum atomic E-state index is -0.475. The van der Waals surface area contributed by atoms with Crippen LogP contribution < -0.4 is 11.2 Å². The van der Waals surface area contributed by atoms with Crippen LogP contribution in [0.25, 0.3) is 11.3 Å². The molecule has 0 radical (unpaired) electrons. The molecule has 226 valence electrons. The number of imidazole rings is 1. The summed E-state index contributed by atoms with van der Waals surface area (Å²) in [6.45, 7) is 14.3. The molecule has 1 aromatic carbocycles. The molecular weight excluding hydrogens is 527 g/mol. The molecule has 12 heteroatoms. The van der Waals surface area contributed by atoms with Gasteiger partial charge in [0.1, 0.15) is 18.2 Å². The number of rotatable bonds is 6. The number of carbonyl (C=O) groups excluding carboxylic acids is 2. The van der Waals surface area contributed by atoms with Gasteiger partial charge in [-0.15, -0.1) is 0 Å². The number of aldehydes is 1. The Labute approximate surface area is 243 Å². The fraction of sp³-hybridized carbons (Fsp3) is 0.621. The Bertz CT molecular complexity index is 1120. The third-order valence-electron chi connectivity index (χ3n) is 8.06. The molecule has 1 aromatic heterocycles. The zero-order valence-corrected chi connectivity index (χ0v) is 25.5. The lowest BCUT2D eigenvalue weighted by Crippen LogP contribution is -2.41. The van der Waals surface area contributed by atoms with Crippen LogP contribution in [0.4, 0.5) is 0 Å². The molecule has 5 rings (SSSR count). The molecule has 4 heterocycles. The highest BCUT2D eigenvalue weighted by atomic mass is 16.7. The molecule has 2 unspecified atom stereocenters. The van der Waals surface area contributed by atoms with Crippen LogP contribution in [0.2, 0.25) is 0 Å². The van der Waals surface area contributed by atoms with E-state index in [1.54, 1.807) is 7.11 Å². The lowest BCUT2D eigenvalue weighted by atomic mass is 9.79. The Hall–Kier alpha value is -2.61. The molecule has 0 saturated carbocycles. The summed E-state index contributed by atoms with van der Waals surface area (Å²) in [5, 5.41) is 0. The maximum absolute atomic E-state index is 10.1. The highest BCUT2D eigenvalue weighted by Gasteiger charge is 2.52. The summed E-state index contributed by atoms with van der Waals surface area (Å²) in [5.41, 5.74) is 6.58. The Morgan fingerprint density at radius 2 is 1.66 bits per heavy atom. The number of nitrogens with two attached hydrogens (primary N) is 1. The van der Waals surface area contributed by atoms with E-state index in [0.717, 1.165) is 41.8 Å². The van der Waals surface area contributed by atoms with E-state index in [-0.39, 0.29) is 42.8 Å². The number of amides is 1. The van der Waals surface area contributed by atoms with E-state index in [2.05, 4.69) is 79.6 Å². The second kappa shape index (κ2) is 13.6. The van der Waals surface area contributed by atoms with Crippen molar-refractivity contribution in [2.45, 2.75) is 77.1 Å². The molecule has 2 aromatic rings. The summed E-state index contributed by atoms with van der Waals surface area (Å²) in [6.07, 6.45) is 3.53. The molecule has 1 spiro atoms. The molecule has 3 aliphatic heterocycles. The Balaban J connectivity index is 0.000000361. The van der Waals surface area contributed by atoms with Crippen molar-refractivity contribution < 1.29 is 33.1 Å². The third kappa shape index (κ3) is 7.62. The van der Waals surface area contributed by atoms with Crippen molar-refractivity contribution in [1.29, 1.82) is 0 Å². The van der Waals surface area contributed by atoms with Gasteiger partial charge >= 0.3 is 7.12 Å². The Morgan fingerprint density at radius 3 is 2.12 bits per heavy atom. The normalized spacial score (nSPS) is 23.0. The van der Waals surface area contributed by atoms with Crippen LogP contribution in [0.5, 0.6) is 0 Å². The van der Waals surface area contributed by atoms with Crippen LogP contribution in [0.1, 0.15) is 59.8 Å². The van der Waals surface area contributed by atoms with Gasteiger partial charge < -0.3 is 39.0 Å².